The first-order valence-electron chi connectivity index (χ1n) is 13.8. The van der Waals surface area contributed by atoms with Crippen LogP contribution in [0, 0.1) is 24.7 Å². The van der Waals surface area contributed by atoms with Gasteiger partial charge in [0, 0.05) is 21.3 Å². The molecule has 4 nitrogen and oxygen atoms in total. The number of aryl methyl sites for hydroxylation is 1. The Balaban J connectivity index is 0.00000316. The molecule has 210 valence electrons. The van der Waals surface area contributed by atoms with Crippen molar-refractivity contribution in [2.75, 3.05) is 0 Å². The summed E-state index contributed by atoms with van der Waals surface area (Å²) in [6.07, 6.45) is 6.41. The van der Waals surface area contributed by atoms with E-state index in [0.717, 1.165) is 34.4 Å². The average Bonchev–Trinajstić information content (AvgIpc) is 3.54. The molecule has 3 heterocycles. The molecule has 6 heteroatoms. The quantitative estimate of drug-likeness (QED) is 0.145. The number of phenolic OH excluding ortho intramolecular Hbond substituents is 1. The smallest absolute Gasteiger partial charge is 0.511 e. The van der Waals surface area contributed by atoms with E-state index < -0.39 is 0 Å². The molecule has 0 radical (unpaired) electrons. The molecule has 0 atom stereocenters. The molecule has 0 unspecified atom stereocenters. The first-order valence-corrected chi connectivity index (χ1v) is 14.7. The van der Waals surface area contributed by atoms with E-state index >= 15 is 0 Å². The number of phenols is 1. The predicted octanol–water partition coefficient (Wildman–Crippen LogP) is 8.54. The number of benzene rings is 4. The van der Waals surface area contributed by atoms with Gasteiger partial charge in [-0.1, -0.05) is 69.3 Å². The molecule has 7 rings (SSSR count). The molecule has 0 saturated heterocycles. The van der Waals surface area contributed by atoms with Gasteiger partial charge in [-0.05, 0) is 64.5 Å². The van der Waals surface area contributed by atoms with Crippen molar-refractivity contribution in [1.29, 1.82) is 0 Å². The Morgan fingerprint density at radius 2 is 1.64 bits per heavy atom. The molecule has 0 aliphatic rings. The van der Waals surface area contributed by atoms with Crippen LogP contribution in [-0.4, -0.2) is 14.7 Å². The van der Waals surface area contributed by atoms with E-state index in [4.69, 9.17) is 4.98 Å². The van der Waals surface area contributed by atoms with Crippen molar-refractivity contribution in [3.05, 3.63) is 115 Å². The summed E-state index contributed by atoms with van der Waals surface area (Å²) in [6.45, 7) is 9.14. The second-order valence-electron chi connectivity index (χ2n) is 11.8. The minimum Gasteiger partial charge on any atom is -0.511 e. The van der Waals surface area contributed by atoms with E-state index in [1.807, 2.05) is 69.1 Å². The zero-order valence-electron chi connectivity index (χ0n) is 23.9. The van der Waals surface area contributed by atoms with Gasteiger partial charge in [-0.15, -0.1) is 41.2 Å². The SMILES string of the molecule is Cc1c(CC(C)(C)C)ccc2c1sc1c(-c3[c-]c(-[n+]4[c-]n(-c5ccccc5O)c5ccccc54)ccc3)nccc12.[Pt+2]. The molecule has 0 fully saturated rings. The predicted molar refractivity (Wildman–Crippen MR) is 168 cm³/mol. The molecule has 0 amide bonds. The van der Waals surface area contributed by atoms with E-state index in [-0.39, 0.29) is 32.2 Å². The van der Waals surface area contributed by atoms with Gasteiger partial charge in [0.15, 0.2) is 0 Å². The number of hydrogen-bond acceptors (Lipinski definition) is 3. The van der Waals surface area contributed by atoms with Crippen molar-refractivity contribution in [3.63, 3.8) is 0 Å². The van der Waals surface area contributed by atoms with Crippen LogP contribution in [0.1, 0.15) is 31.9 Å². The van der Waals surface area contributed by atoms with Crippen LogP contribution in [0.15, 0.2) is 91.1 Å². The maximum Gasteiger partial charge on any atom is 2.00 e. The van der Waals surface area contributed by atoms with E-state index in [1.165, 1.54) is 31.3 Å². The normalized spacial score (nSPS) is 11.8. The molecule has 1 N–H and O–H groups in total. The van der Waals surface area contributed by atoms with Crippen molar-refractivity contribution in [2.24, 2.45) is 5.41 Å². The Kier molecular flexibility index (Phi) is 7.29. The molecule has 0 aliphatic carbocycles. The van der Waals surface area contributed by atoms with Gasteiger partial charge in [0.1, 0.15) is 11.4 Å². The standard InChI is InChI=1S/C36H30N3OS.Pt/c1-23-25(21-36(2,3)4)16-17-27-28-18-19-37-33(35(28)41-34(23)27)24-10-9-11-26(20-24)38-22-39(30-13-6-5-12-29(30)38)31-14-7-8-15-32(31)40;/h5-19,40H,21H2,1-4H3;/q-1;+2. The number of imidazole rings is 1. The van der Waals surface area contributed by atoms with Gasteiger partial charge in [-0.3, -0.25) is 4.57 Å². The summed E-state index contributed by atoms with van der Waals surface area (Å²) in [6, 6.07) is 32.0. The summed E-state index contributed by atoms with van der Waals surface area (Å²) in [7, 11) is 0. The van der Waals surface area contributed by atoms with Gasteiger partial charge in [-0.25, -0.2) is 0 Å². The Morgan fingerprint density at radius 3 is 2.45 bits per heavy atom. The summed E-state index contributed by atoms with van der Waals surface area (Å²) >= 11 is 1.83. The minimum atomic E-state index is 0. The molecular formula is C36H30N3OPtS+. The Labute approximate surface area is 264 Å². The molecule has 0 saturated carbocycles. The monoisotopic (exact) mass is 747 g/mol. The second-order valence-corrected chi connectivity index (χ2v) is 12.8. The van der Waals surface area contributed by atoms with Crippen molar-refractivity contribution in [1.82, 2.24) is 9.55 Å². The van der Waals surface area contributed by atoms with Gasteiger partial charge in [0.05, 0.1) is 11.0 Å². The van der Waals surface area contributed by atoms with Gasteiger partial charge in [-0.2, -0.15) is 0 Å². The topological polar surface area (TPSA) is 41.9 Å². The number of para-hydroxylation sites is 4. The number of hydrogen-bond donors (Lipinski definition) is 1. The number of nitrogens with zero attached hydrogens (tertiary/aromatic N) is 3. The largest absolute Gasteiger partial charge is 2.00 e. The third-order valence-electron chi connectivity index (χ3n) is 7.60. The number of aromatic nitrogens is 3. The fourth-order valence-electron chi connectivity index (χ4n) is 5.69. The van der Waals surface area contributed by atoms with Crippen LogP contribution in [0.2, 0.25) is 0 Å². The Bertz CT molecular complexity index is 2100. The first-order chi connectivity index (χ1) is 19.8. The van der Waals surface area contributed by atoms with Crippen LogP contribution in [0.4, 0.5) is 0 Å². The van der Waals surface area contributed by atoms with Gasteiger partial charge < -0.3 is 14.7 Å². The average molecular weight is 748 g/mol. The zero-order valence-corrected chi connectivity index (χ0v) is 27.0. The van der Waals surface area contributed by atoms with Gasteiger partial charge in [0.25, 0.3) is 6.33 Å². The van der Waals surface area contributed by atoms with Crippen molar-refractivity contribution in [2.45, 2.75) is 34.1 Å². The maximum atomic E-state index is 10.6. The van der Waals surface area contributed by atoms with E-state index in [9.17, 15) is 5.11 Å². The van der Waals surface area contributed by atoms with Crippen LogP contribution in [0.25, 0.3) is 53.8 Å². The van der Waals surface area contributed by atoms with Crippen LogP contribution in [0.3, 0.4) is 0 Å². The van der Waals surface area contributed by atoms with E-state index in [2.05, 4.69) is 76.5 Å². The zero-order chi connectivity index (χ0) is 28.3. The third kappa shape index (κ3) is 4.85. The Morgan fingerprint density at radius 1 is 0.881 bits per heavy atom. The van der Waals surface area contributed by atoms with Gasteiger partial charge in [0.2, 0.25) is 0 Å². The molecule has 4 aromatic carbocycles. The van der Waals surface area contributed by atoms with Crippen LogP contribution >= 0.6 is 11.3 Å². The molecule has 0 spiro atoms. The molecule has 42 heavy (non-hydrogen) atoms. The van der Waals surface area contributed by atoms with Crippen LogP contribution < -0.4 is 4.57 Å². The molecule has 7 aromatic rings. The molecule has 0 aliphatic heterocycles. The first kappa shape index (κ1) is 28.3. The summed E-state index contributed by atoms with van der Waals surface area (Å²) < 4.78 is 6.41. The van der Waals surface area contributed by atoms with Crippen molar-refractivity contribution in [3.8, 4) is 28.4 Å². The van der Waals surface area contributed by atoms with Crippen LogP contribution in [-0.2, 0) is 27.5 Å². The van der Waals surface area contributed by atoms with Crippen molar-refractivity contribution >= 4 is 42.5 Å². The third-order valence-corrected chi connectivity index (χ3v) is 8.95. The van der Waals surface area contributed by atoms with E-state index in [1.54, 1.807) is 6.07 Å². The summed E-state index contributed by atoms with van der Waals surface area (Å²) in [5, 5.41) is 13.1. The number of rotatable bonds is 4. The number of thiophene rings is 1. The van der Waals surface area contributed by atoms with Gasteiger partial charge >= 0.3 is 21.1 Å². The fourth-order valence-corrected chi connectivity index (χ4v) is 7.02. The molecule has 3 aromatic heterocycles. The summed E-state index contributed by atoms with van der Waals surface area (Å²) in [4.78, 5) is 4.87. The molecule has 0 bridgehead atoms. The molecular weight excluding hydrogens is 718 g/mol. The second kappa shape index (κ2) is 10.8. The minimum absolute atomic E-state index is 0. The summed E-state index contributed by atoms with van der Waals surface area (Å²) in [5.41, 5.74) is 8.33. The van der Waals surface area contributed by atoms with Crippen LogP contribution in [0.5, 0.6) is 5.75 Å². The fraction of sp³-hybridized carbons (Fsp3) is 0.167. The van der Waals surface area contributed by atoms with E-state index in [0.29, 0.717) is 5.69 Å². The number of pyridine rings is 1. The van der Waals surface area contributed by atoms with Crippen molar-refractivity contribution < 1.29 is 30.7 Å². The number of fused-ring (bicyclic) bond motifs is 4. The number of aromatic hydroxyl groups is 1. The Hall–Kier alpha value is -3.79. The maximum absolute atomic E-state index is 10.6. The summed E-state index contributed by atoms with van der Waals surface area (Å²) in [5.74, 6) is 0.205.